The van der Waals surface area contributed by atoms with Crippen LogP contribution >= 0.6 is 0 Å². The molecular formula is C15H21NO6. The third kappa shape index (κ3) is 5.51. The molecule has 1 amide bonds. The summed E-state index contributed by atoms with van der Waals surface area (Å²) in [5, 5.41) is 21.2. The minimum atomic E-state index is -1.19. The molecule has 1 aromatic rings. The van der Waals surface area contributed by atoms with E-state index in [2.05, 4.69) is 5.32 Å². The molecule has 122 valence electrons. The van der Waals surface area contributed by atoms with E-state index < -0.39 is 23.7 Å². The first-order valence-electron chi connectivity index (χ1n) is 6.70. The number of carboxylic acids is 1. The van der Waals surface area contributed by atoms with Crippen molar-refractivity contribution in [2.24, 2.45) is 0 Å². The summed E-state index contributed by atoms with van der Waals surface area (Å²) in [6.07, 6.45) is -0.802. The molecule has 0 saturated carbocycles. The zero-order valence-electron chi connectivity index (χ0n) is 13.0. The Kier molecular flexibility index (Phi) is 5.62. The maximum atomic E-state index is 11.7. The van der Waals surface area contributed by atoms with Crippen molar-refractivity contribution in [2.75, 3.05) is 7.11 Å². The molecule has 0 aromatic heterocycles. The first-order chi connectivity index (χ1) is 10.1. The third-order valence-electron chi connectivity index (χ3n) is 2.67. The monoisotopic (exact) mass is 311 g/mol. The number of nitrogens with one attached hydrogen (secondary N) is 1. The fraction of sp³-hybridized carbons (Fsp3) is 0.467. The van der Waals surface area contributed by atoms with Crippen molar-refractivity contribution in [3.63, 3.8) is 0 Å². The van der Waals surface area contributed by atoms with Gasteiger partial charge < -0.3 is 25.0 Å². The van der Waals surface area contributed by atoms with Crippen molar-refractivity contribution in [1.82, 2.24) is 5.32 Å². The number of amides is 1. The van der Waals surface area contributed by atoms with E-state index in [1.165, 1.54) is 19.2 Å². The Bertz CT molecular complexity index is 549. The highest BCUT2D eigenvalue weighted by atomic mass is 16.6. The van der Waals surface area contributed by atoms with E-state index >= 15 is 0 Å². The van der Waals surface area contributed by atoms with Gasteiger partial charge in [-0.25, -0.2) is 9.59 Å². The number of alkyl carbamates (subject to hydrolysis) is 1. The summed E-state index contributed by atoms with van der Waals surface area (Å²) in [6.45, 7) is 5.05. The van der Waals surface area contributed by atoms with Gasteiger partial charge in [-0.3, -0.25) is 0 Å². The summed E-state index contributed by atoms with van der Waals surface area (Å²) in [5.41, 5.74) is -0.173. The molecule has 0 aliphatic carbocycles. The molecular weight excluding hydrogens is 290 g/mol. The molecule has 1 atom stereocenters. The van der Waals surface area contributed by atoms with Crippen molar-refractivity contribution in [3.8, 4) is 11.5 Å². The van der Waals surface area contributed by atoms with Gasteiger partial charge >= 0.3 is 12.1 Å². The molecule has 0 heterocycles. The van der Waals surface area contributed by atoms with Crippen LogP contribution in [0.15, 0.2) is 18.2 Å². The van der Waals surface area contributed by atoms with Crippen LogP contribution in [0.3, 0.4) is 0 Å². The second kappa shape index (κ2) is 7.02. The van der Waals surface area contributed by atoms with E-state index in [9.17, 15) is 19.8 Å². The minimum absolute atomic E-state index is 0.00608. The third-order valence-corrected chi connectivity index (χ3v) is 2.67. The number of ether oxygens (including phenoxy) is 2. The molecule has 0 saturated heterocycles. The maximum Gasteiger partial charge on any atom is 0.408 e. The number of carboxylic acid groups (broad SMARTS) is 1. The van der Waals surface area contributed by atoms with Gasteiger partial charge in [-0.1, -0.05) is 6.07 Å². The van der Waals surface area contributed by atoms with Crippen LogP contribution in [0.4, 0.5) is 4.79 Å². The largest absolute Gasteiger partial charge is 0.504 e. The molecule has 3 N–H and O–H groups in total. The lowest BCUT2D eigenvalue weighted by Gasteiger charge is -2.22. The van der Waals surface area contributed by atoms with Gasteiger partial charge in [-0.2, -0.15) is 0 Å². The Balaban J connectivity index is 2.78. The van der Waals surface area contributed by atoms with Crippen LogP contribution in [-0.2, 0) is 16.0 Å². The molecule has 0 unspecified atom stereocenters. The molecule has 7 heteroatoms. The van der Waals surface area contributed by atoms with Crippen LogP contribution in [0.2, 0.25) is 0 Å². The molecule has 0 bridgehead atoms. The van der Waals surface area contributed by atoms with E-state index in [-0.39, 0.29) is 17.9 Å². The Hall–Kier alpha value is -2.44. The molecule has 22 heavy (non-hydrogen) atoms. The Morgan fingerprint density at radius 1 is 1.32 bits per heavy atom. The Morgan fingerprint density at radius 3 is 2.41 bits per heavy atom. The number of hydrogen-bond acceptors (Lipinski definition) is 5. The number of rotatable bonds is 5. The summed E-state index contributed by atoms with van der Waals surface area (Å²) >= 11 is 0. The highest BCUT2D eigenvalue weighted by Gasteiger charge is 2.24. The normalized spacial score (nSPS) is 12.4. The number of benzene rings is 1. The van der Waals surface area contributed by atoms with E-state index in [0.29, 0.717) is 5.56 Å². The van der Waals surface area contributed by atoms with Crippen LogP contribution in [-0.4, -0.2) is 41.0 Å². The number of hydrogen-bond donors (Lipinski definition) is 3. The van der Waals surface area contributed by atoms with Crippen LogP contribution in [0.25, 0.3) is 0 Å². The highest BCUT2D eigenvalue weighted by Crippen LogP contribution is 2.26. The van der Waals surface area contributed by atoms with Crippen molar-refractivity contribution >= 4 is 12.1 Å². The minimum Gasteiger partial charge on any atom is -0.504 e. The van der Waals surface area contributed by atoms with Gasteiger partial charge in [0.25, 0.3) is 0 Å². The molecule has 7 nitrogen and oxygen atoms in total. The molecule has 0 radical (unpaired) electrons. The predicted molar refractivity (Wildman–Crippen MR) is 79.2 cm³/mol. The van der Waals surface area contributed by atoms with Gasteiger partial charge in [0.15, 0.2) is 11.5 Å². The number of carbonyl (C=O) groups excluding carboxylic acids is 1. The van der Waals surface area contributed by atoms with Crippen LogP contribution in [0.5, 0.6) is 11.5 Å². The average Bonchev–Trinajstić information content (AvgIpc) is 2.35. The summed E-state index contributed by atoms with van der Waals surface area (Å²) in [4.78, 5) is 22.9. The van der Waals surface area contributed by atoms with Gasteiger partial charge in [0.1, 0.15) is 11.6 Å². The fourth-order valence-electron chi connectivity index (χ4n) is 1.75. The first-order valence-corrected chi connectivity index (χ1v) is 6.70. The maximum absolute atomic E-state index is 11.7. The second-order valence-corrected chi connectivity index (χ2v) is 5.75. The molecule has 1 rings (SSSR count). The molecule has 0 fully saturated rings. The molecule has 0 aliphatic rings. The van der Waals surface area contributed by atoms with Gasteiger partial charge in [0.2, 0.25) is 0 Å². The summed E-state index contributed by atoms with van der Waals surface area (Å²) in [6, 6.07) is 3.37. The van der Waals surface area contributed by atoms with E-state index in [4.69, 9.17) is 9.47 Å². The lowest BCUT2D eigenvalue weighted by molar-refractivity contribution is -0.139. The number of aliphatic carboxylic acids is 1. The Labute approximate surface area is 128 Å². The summed E-state index contributed by atoms with van der Waals surface area (Å²) < 4.78 is 9.95. The SMILES string of the molecule is COc1ccc(C[C@H](NC(=O)OC(C)(C)C)C(=O)O)cc1O. The lowest BCUT2D eigenvalue weighted by atomic mass is 10.1. The predicted octanol–water partition coefficient (Wildman–Crippen LogP) is 1.92. The average molecular weight is 311 g/mol. The van der Waals surface area contributed by atoms with Crippen LogP contribution in [0, 0.1) is 0 Å². The van der Waals surface area contributed by atoms with E-state index in [1.54, 1.807) is 26.8 Å². The topological polar surface area (TPSA) is 105 Å². The van der Waals surface area contributed by atoms with E-state index in [0.717, 1.165) is 0 Å². The summed E-state index contributed by atoms with van der Waals surface area (Å²) in [5.74, 6) is -1.00. The number of phenolic OH excluding ortho intramolecular Hbond substituents is 1. The molecule has 0 aliphatic heterocycles. The fourth-order valence-corrected chi connectivity index (χ4v) is 1.75. The molecule has 0 spiro atoms. The smallest absolute Gasteiger partial charge is 0.408 e. The van der Waals surface area contributed by atoms with Crippen molar-refractivity contribution in [3.05, 3.63) is 23.8 Å². The lowest BCUT2D eigenvalue weighted by Crippen LogP contribution is -2.44. The van der Waals surface area contributed by atoms with Gasteiger partial charge in [0.05, 0.1) is 7.11 Å². The quantitative estimate of drug-likeness (QED) is 0.767. The van der Waals surface area contributed by atoms with Crippen LogP contribution < -0.4 is 10.1 Å². The number of phenols is 1. The number of carbonyl (C=O) groups is 2. The van der Waals surface area contributed by atoms with Gasteiger partial charge in [0, 0.05) is 6.42 Å². The first kappa shape index (κ1) is 17.6. The summed E-state index contributed by atoms with van der Waals surface area (Å²) in [7, 11) is 1.42. The van der Waals surface area contributed by atoms with Crippen molar-refractivity contribution in [2.45, 2.75) is 38.8 Å². The van der Waals surface area contributed by atoms with Gasteiger partial charge in [-0.15, -0.1) is 0 Å². The molecule has 1 aromatic carbocycles. The second-order valence-electron chi connectivity index (χ2n) is 5.75. The zero-order chi connectivity index (χ0) is 16.9. The standard InChI is InChI=1S/C15H21NO6/c1-15(2,3)22-14(20)16-10(13(18)19)7-9-5-6-12(21-4)11(17)8-9/h5-6,8,10,17H,7H2,1-4H3,(H,16,20)(H,18,19)/t10-/m0/s1. The zero-order valence-corrected chi connectivity index (χ0v) is 13.0. The van der Waals surface area contributed by atoms with Crippen LogP contribution in [0.1, 0.15) is 26.3 Å². The number of methoxy groups -OCH3 is 1. The van der Waals surface area contributed by atoms with Gasteiger partial charge in [-0.05, 0) is 38.5 Å². The van der Waals surface area contributed by atoms with Crippen molar-refractivity contribution in [1.29, 1.82) is 0 Å². The highest BCUT2D eigenvalue weighted by molar-refractivity contribution is 5.80. The van der Waals surface area contributed by atoms with E-state index in [1.807, 2.05) is 0 Å². The Morgan fingerprint density at radius 2 is 1.95 bits per heavy atom. The number of aromatic hydroxyl groups is 1. The van der Waals surface area contributed by atoms with Crippen molar-refractivity contribution < 1.29 is 29.3 Å².